The third-order valence-corrected chi connectivity index (χ3v) is 2.26. The smallest absolute Gasteiger partial charge is 0.471 e. The van der Waals surface area contributed by atoms with Crippen molar-refractivity contribution in [2.75, 3.05) is 13.2 Å². The van der Waals surface area contributed by atoms with Crippen molar-refractivity contribution in [3.63, 3.8) is 0 Å². The Balaban J connectivity index is 2.25. The van der Waals surface area contributed by atoms with E-state index in [2.05, 4.69) is 15.9 Å². The van der Waals surface area contributed by atoms with Crippen LogP contribution < -0.4 is 10.1 Å². The SMILES string of the molecule is O=C(NCCOc1ccc(Br)cc1)C(F)(F)F. The molecule has 7 heteroatoms. The molecule has 0 radical (unpaired) electrons. The van der Waals surface area contributed by atoms with E-state index in [1.54, 1.807) is 29.6 Å². The lowest BCUT2D eigenvalue weighted by molar-refractivity contribution is -0.173. The zero-order valence-electron chi connectivity index (χ0n) is 8.55. The number of hydrogen-bond donors (Lipinski definition) is 1. The van der Waals surface area contributed by atoms with Crippen LogP contribution in [0, 0.1) is 0 Å². The summed E-state index contributed by atoms with van der Waals surface area (Å²) in [5.41, 5.74) is 0. The van der Waals surface area contributed by atoms with E-state index in [4.69, 9.17) is 4.74 Å². The van der Waals surface area contributed by atoms with E-state index in [0.29, 0.717) is 5.75 Å². The highest BCUT2D eigenvalue weighted by Crippen LogP contribution is 2.16. The fourth-order valence-electron chi connectivity index (χ4n) is 0.964. The number of halogens is 4. The Labute approximate surface area is 104 Å². The predicted octanol–water partition coefficient (Wildman–Crippen LogP) is 2.51. The molecule has 1 aromatic rings. The summed E-state index contributed by atoms with van der Waals surface area (Å²) in [6, 6.07) is 6.80. The lowest BCUT2D eigenvalue weighted by Crippen LogP contribution is -2.38. The number of benzene rings is 1. The van der Waals surface area contributed by atoms with Gasteiger partial charge >= 0.3 is 12.1 Å². The third kappa shape index (κ3) is 5.08. The molecule has 1 rings (SSSR count). The van der Waals surface area contributed by atoms with Gasteiger partial charge in [-0.05, 0) is 24.3 Å². The Morgan fingerprint density at radius 2 is 1.88 bits per heavy atom. The van der Waals surface area contributed by atoms with Crippen molar-refractivity contribution in [2.24, 2.45) is 0 Å². The second-order valence-electron chi connectivity index (χ2n) is 3.06. The van der Waals surface area contributed by atoms with E-state index < -0.39 is 12.1 Å². The highest BCUT2D eigenvalue weighted by molar-refractivity contribution is 9.10. The summed E-state index contributed by atoms with van der Waals surface area (Å²) in [4.78, 5) is 10.4. The molecule has 1 amide bonds. The minimum Gasteiger partial charge on any atom is -0.492 e. The highest BCUT2D eigenvalue weighted by Gasteiger charge is 2.38. The van der Waals surface area contributed by atoms with Gasteiger partial charge < -0.3 is 10.1 Å². The Hall–Kier alpha value is -1.24. The first-order valence-electron chi connectivity index (χ1n) is 4.63. The summed E-state index contributed by atoms with van der Waals surface area (Å²) >= 11 is 3.23. The molecule has 0 aromatic heterocycles. The number of rotatable bonds is 4. The van der Waals surface area contributed by atoms with Gasteiger partial charge in [0.2, 0.25) is 0 Å². The standard InChI is InChI=1S/C10H9BrF3NO2/c11-7-1-3-8(4-2-7)17-6-5-15-9(16)10(12,13)14/h1-4H,5-6H2,(H,15,16). The van der Waals surface area contributed by atoms with Gasteiger partial charge in [-0.1, -0.05) is 15.9 Å². The Morgan fingerprint density at radius 1 is 1.29 bits per heavy atom. The molecule has 0 aliphatic heterocycles. The largest absolute Gasteiger partial charge is 0.492 e. The van der Waals surface area contributed by atoms with E-state index in [1.165, 1.54) is 0 Å². The summed E-state index contributed by atoms with van der Waals surface area (Å²) in [7, 11) is 0. The summed E-state index contributed by atoms with van der Waals surface area (Å²) in [5, 5.41) is 1.71. The van der Waals surface area contributed by atoms with Crippen LogP contribution in [0.2, 0.25) is 0 Å². The Bertz CT molecular complexity index is 378. The van der Waals surface area contributed by atoms with Crippen LogP contribution >= 0.6 is 15.9 Å². The quantitative estimate of drug-likeness (QED) is 0.868. The summed E-state index contributed by atoms with van der Waals surface area (Å²) in [6.45, 7) is -0.224. The van der Waals surface area contributed by atoms with Crippen molar-refractivity contribution in [1.82, 2.24) is 5.32 Å². The van der Waals surface area contributed by atoms with Crippen LogP contribution in [0.1, 0.15) is 0 Å². The lowest BCUT2D eigenvalue weighted by atomic mass is 10.3. The molecular formula is C10H9BrF3NO2. The zero-order valence-corrected chi connectivity index (χ0v) is 10.1. The molecule has 0 spiro atoms. The van der Waals surface area contributed by atoms with Gasteiger partial charge in [0.1, 0.15) is 12.4 Å². The number of alkyl halides is 3. The zero-order chi connectivity index (χ0) is 12.9. The molecule has 0 saturated heterocycles. The minimum atomic E-state index is -4.85. The van der Waals surface area contributed by atoms with Crippen LogP contribution in [-0.4, -0.2) is 25.2 Å². The minimum absolute atomic E-state index is 0.0244. The van der Waals surface area contributed by atoms with E-state index in [-0.39, 0.29) is 13.2 Å². The number of carbonyl (C=O) groups excluding carboxylic acids is 1. The second kappa shape index (κ2) is 5.90. The Kier molecular flexibility index (Phi) is 4.80. The molecule has 0 atom stereocenters. The van der Waals surface area contributed by atoms with Crippen molar-refractivity contribution in [1.29, 1.82) is 0 Å². The van der Waals surface area contributed by atoms with Crippen molar-refractivity contribution in [2.45, 2.75) is 6.18 Å². The molecule has 3 nitrogen and oxygen atoms in total. The number of ether oxygens (including phenoxy) is 1. The lowest BCUT2D eigenvalue weighted by Gasteiger charge is -2.09. The number of hydrogen-bond acceptors (Lipinski definition) is 2. The number of nitrogens with one attached hydrogen (secondary N) is 1. The average molecular weight is 312 g/mol. The fourth-order valence-corrected chi connectivity index (χ4v) is 1.23. The fraction of sp³-hybridized carbons (Fsp3) is 0.300. The van der Waals surface area contributed by atoms with E-state index in [9.17, 15) is 18.0 Å². The summed E-state index contributed by atoms with van der Waals surface area (Å²) in [6.07, 6.45) is -4.85. The Morgan fingerprint density at radius 3 is 2.41 bits per heavy atom. The van der Waals surface area contributed by atoms with Crippen molar-refractivity contribution >= 4 is 21.8 Å². The van der Waals surface area contributed by atoms with Crippen LogP contribution in [0.25, 0.3) is 0 Å². The highest BCUT2D eigenvalue weighted by atomic mass is 79.9. The van der Waals surface area contributed by atoms with E-state index >= 15 is 0 Å². The van der Waals surface area contributed by atoms with Gasteiger partial charge in [-0.25, -0.2) is 0 Å². The van der Waals surface area contributed by atoms with Crippen molar-refractivity contribution < 1.29 is 22.7 Å². The average Bonchev–Trinajstić information content (AvgIpc) is 2.25. The van der Waals surface area contributed by atoms with Crippen LogP contribution in [0.4, 0.5) is 13.2 Å². The third-order valence-electron chi connectivity index (χ3n) is 1.73. The molecule has 17 heavy (non-hydrogen) atoms. The van der Waals surface area contributed by atoms with Crippen LogP contribution in [-0.2, 0) is 4.79 Å². The van der Waals surface area contributed by atoms with Gasteiger partial charge in [0.05, 0.1) is 6.54 Å². The predicted molar refractivity (Wildman–Crippen MR) is 58.7 cm³/mol. The molecule has 0 heterocycles. The topological polar surface area (TPSA) is 38.3 Å². The van der Waals surface area contributed by atoms with E-state index in [1.807, 2.05) is 0 Å². The van der Waals surface area contributed by atoms with Gasteiger partial charge in [-0.2, -0.15) is 13.2 Å². The summed E-state index contributed by atoms with van der Waals surface area (Å²) < 4.78 is 41.3. The van der Waals surface area contributed by atoms with Crippen LogP contribution in [0.15, 0.2) is 28.7 Å². The van der Waals surface area contributed by atoms with Crippen LogP contribution in [0.5, 0.6) is 5.75 Å². The molecule has 0 bridgehead atoms. The van der Waals surface area contributed by atoms with E-state index in [0.717, 1.165) is 4.47 Å². The normalized spacial score (nSPS) is 11.1. The molecule has 0 fully saturated rings. The first kappa shape index (κ1) is 13.8. The van der Waals surface area contributed by atoms with Gasteiger partial charge in [0, 0.05) is 4.47 Å². The molecule has 1 N–H and O–H groups in total. The molecule has 1 aromatic carbocycles. The van der Waals surface area contributed by atoms with Gasteiger partial charge in [0.25, 0.3) is 0 Å². The van der Waals surface area contributed by atoms with Crippen molar-refractivity contribution in [3.8, 4) is 5.75 Å². The number of carbonyl (C=O) groups is 1. The molecule has 94 valence electrons. The maximum absolute atomic E-state index is 11.8. The number of amides is 1. The van der Waals surface area contributed by atoms with Gasteiger partial charge in [-0.15, -0.1) is 0 Å². The maximum atomic E-state index is 11.8. The maximum Gasteiger partial charge on any atom is 0.471 e. The van der Waals surface area contributed by atoms with Gasteiger partial charge in [0.15, 0.2) is 0 Å². The first-order chi connectivity index (χ1) is 7.89. The molecule has 0 saturated carbocycles. The monoisotopic (exact) mass is 311 g/mol. The first-order valence-corrected chi connectivity index (χ1v) is 5.42. The van der Waals surface area contributed by atoms with Crippen LogP contribution in [0.3, 0.4) is 0 Å². The van der Waals surface area contributed by atoms with Gasteiger partial charge in [-0.3, -0.25) is 4.79 Å². The molecule has 0 aliphatic carbocycles. The van der Waals surface area contributed by atoms with Crippen molar-refractivity contribution in [3.05, 3.63) is 28.7 Å². The second-order valence-corrected chi connectivity index (χ2v) is 3.97. The molecule has 0 unspecified atom stereocenters. The summed E-state index contributed by atoms with van der Waals surface area (Å²) in [5.74, 6) is -1.44. The molecule has 0 aliphatic rings. The molecular weight excluding hydrogens is 303 g/mol.